The van der Waals surface area contributed by atoms with Crippen LogP contribution in [-0.4, -0.2) is 16.6 Å². The van der Waals surface area contributed by atoms with Crippen molar-refractivity contribution in [2.24, 2.45) is 0 Å². The Morgan fingerprint density at radius 3 is 2.47 bits per heavy atom. The fourth-order valence-electron chi connectivity index (χ4n) is 3.10. The van der Waals surface area contributed by atoms with E-state index in [0.29, 0.717) is 0 Å². The summed E-state index contributed by atoms with van der Waals surface area (Å²) < 4.78 is 6.85. The molecule has 0 saturated carbocycles. The van der Waals surface area contributed by atoms with Crippen LogP contribution in [0.15, 0.2) is 12.2 Å². The van der Waals surface area contributed by atoms with Crippen LogP contribution >= 0.6 is 0 Å². The zero-order chi connectivity index (χ0) is 14.5. The second-order valence-electron chi connectivity index (χ2n) is 7.32. The zero-order valence-corrected chi connectivity index (χ0v) is 16.0. The van der Waals surface area contributed by atoms with E-state index < -0.39 is 16.6 Å². The van der Waals surface area contributed by atoms with Gasteiger partial charge in [0.15, 0.2) is 16.6 Å². The highest BCUT2D eigenvalue weighted by molar-refractivity contribution is 6.86. The zero-order valence-electron chi connectivity index (χ0n) is 14.0. The summed E-state index contributed by atoms with van der Waals surface area (Å²) in [6.07, 6.45) is 12.8. The van der Waals surface area contributed by atoms with E-state index in [-0.39, 0.29) is 0 Å². The SMILES string of the molecule is CCCCC(C)[Si](C)(C)O[Si](C)(C)C1C=CCCC1. The van der Waals surface area contributed by atoms with E-state index in [1.54, 1.807) is 0 Å². The summed E-state index contributed by atoms with van der Waals surface area (Å²) in [7, 11) is -3.10. The number of allylic oxidation sites excluding steroid dienone is 2. The summed E-state index contributed by atoms with van der Waals surface area (Å²) in [6, 6.07) is 0. The number of hydrogen-bond acceptors (Lipinski definition) is 1. The highest BCUT2D eigenvalue weighted by Crippen LogP contribution is 2.38. The highest BCUT2D eigenvalue weighted by atomic mass is 28.4. The van der Waals surface area contributed by atoms with E-state index in [1.807, 2.05) is 0 Å². The molecule has 0 radical (unpaired) electrons. The van der Waals surface area contributed by atoms with Gasteiger partial charge < -0.3 is 4.12 Å². The standard InChI is InChI=1S/C16H34OSi2/c1-7-8-12-15(2)18(3,4)17-19(5,6)16-13-10-9-11-14-16/h10,13,15-16H,7-9,11-12,14H2,1-6H3. The molecule has 112 valence electrons. The van der Waals surface area contributed by atoms with Gasteiger partial charge in [-0.15, -0.1) is 0 Å². The van der Waals surface area contributed by atoms with Crippen LogP contribution in [0.3, 0.4) is 0 Å². The van der Waals surface area contributed by atoms with Gasteiger partial charge in [-0.3, -0.25) is 0 Å². The number of unbranched alkanes of at least 4 members (excludes halogenated alkanes) is 1. The lowest BCUT2D eigenvalue weighted by Crippen LogP contribution is -2.49. The molecule has 19 heavy (non-hydrogen) atoms. The first-order valence-corrected chi connectivity index (χ1v) is 14.1. The predicted octanol–water partition coefficient (Wildman–Crippen LogP) is 6.10. The summed E-state index contributed by atoms with van der Waals surface area (Å²) in [5.74, 6) is 0. The molecule has 0 aromatic carbocycles. The Bertz CT molecular complexity index is 297. The van der Waals surface area contributed by atoms with Crippen molar-refractivity contribution in [2.45, 2.75) is 89.6 Å². The van der Waals surface area contributed by atoms with Crippen LogP contribution in [0, 0.1) is 0 Å². The molecule has 1 aliphatic rings. The molecule has 2 unspecified atom stereocenters. The molecule has 0 heterocycles. The largest absolute Gasteiger partial charge is 0.455 e. The Morgan fingerprint density at radius 1 is 1.26 bits per heavy atom. The van der Waals surface area contributed by atoms with Crippen molar-refractivity contribution in [3.05, 3.63) is 12.2 Å². The fourth-order valence-corrected chi connectivity index (χ4v) is 12.3. The Labute approximate surface area is 123 Å². The van der Waals surface area contributed by atoms with Crippen molar-refractivity contribution in [1.29, 1.82) is 0 Å². The normalized spacial score (nSPS) is 22.5. The molecule has 0 aromatic rings. The Kier molecular flexibility index (Phi) is 6.54. The van der Waals surface area contributed by atoms with Gasteiger partial charge in [0.05, 0.1) is 0 Å². The van der Waals surface area contributed by atoms with Gasteiger partial charge in [0.2, 0.25) is 0 Å². The van der Waals surface area contributed by atoms with Crippen molar-refractivity contribution in [3.63, 3.8) is 0 Å². The third kappa shape index (κ3) is 5.20. The summed E-state index contributed by atoms with van der Waals surface area (Å²) in [4.78, 5) is 0. The second kappa shape index (κ2) is 7.23. The van der Waals surface area contributed by atoms with Crippen LogP contribution in [0.25, 0.3) is 0 Å². The van der Waals surface area contributed by atoms with Crippen molar-refractivity contribution >= 4 is 16.6 Å². The number of hydrogen-bond donors (Lipinski definition) is 0. The molecule has 0 spiro atoms. The van der Waals surface area contributed by atoms with Gasteiger partial charge in [-0.2, -0.15) is 0 Å². The van der Waals surface area contributed by atoms with Gasteiger partial charge in [0.25, 0.3) is 0 Å². The van der Waals surface area contributed by atoms with Gasteiger partial charge in [-0.05, 0) is 56.5 Å². The lowest BCUT2D eigenvalue weighted by Gasteiger charge is -2.41. The summed E-state index contributed by atoms with van der Waals surface area (Å²) >= 11 is 0. The maximum absolute atomic E-state index is 6.85. The predicted molar refractivity (Wildman–Crippen MR) is 91.7 cm³/mol. The first kappa shape index (κ1) is 17.2. The van der Waals surface area contributed by atoms with E-state index in [9.17, 15) is 0 Å². The molecule has 0 N–H and O–H groups in total. The van der Waals surface area contributed by atoms with E-state index in [1.165, 1.54) is 38.5 Å². The van der Waals surface area contributed by atoms with Crippen molar-refractivity contribution in [2.75, 3.05) is 0 Å². The Hall–Kier alpha value is 0.134. The Balaban J connectivity index is 2.63. The molecule has 2 atom stereocenters. The monoisotopic (exact) mass is 298 g/mol. The van der Waals surface area contributed by atoms with Crippen molar-refractivity contribution in [1.82, 2.24) is 0 Å². The van der Waals surface area contributed by atoms with Crippen LogP contribution in [0.2, 0.25) is 37.3 Å². The minimum absolute atomic E-state index is 0.742. The summed E-state index contributed by atoms with van der Waals surface area (Å²) in [6.45, 7) is 14.5. The van der Waals surface area contributed by atoms with Gasteiger partial charge >= 0.3 is 0 Å². The lowest BCUT2D eigenvalue weighted by atomic mass is 10.1. The van der Waals surface area contributed by atoms with E-state index in [4.69, 9.17) is 4.12 Å². The van der Waals surface area contributed by atoms with Crippen molar-refractivity contribution in [3.8, 4) is 0 Å². The second-order valence-corrected chi connectivity index (χ2v) is 16.3. The molecule has 1 rings (SSSR count). The topological polar surface area (TPSA) is 9.23 Å². The van der Waals surface area contributed by atoms with E-state index in [0.717, 1.165) is 11.1 Å². The first-order valence-electron chi connectivity index (χ1n) is 8.16. The third-order valence-electron chi connectivity index (χ3n) is 4.85. The lowest BCUT2D eigenvalue weighted by molar-refractivity contribution is 0.487. The number of rotatable bonds is 7. The molecule has 0 aromatic heterocycles. The Morgan fingerprint density at radius 2 is 1.95 bits per heavy atom. The molecular weight excluding hydrogens is 264 g/mol. The quantitative estimate of drug-likeness (QED) is 0.407. The molecule has 0 amide bonds. The van der Waals surface area contributed by atoms with Crippen LogP contribution in [0.4, 0.5) is 0 Å². The average molecular weight is 299 g/mol. The van der Waals surface area contributed by atoms with Crippen LogP contribution < -0.4 is 0 Å². The van der Waals surface area contributed by atoms with Gasteiger partial charge in [-0.25, -0.2) is 0 Å². The summed E-state index contributed by atoms with van der Waals surface area (Å²) in [5.41, 5.74) is 1.53. The third-order valence-corrected chi connectivity index (χ3v) is 14.0. The fraction of sp³-hybridized carbons (Fsp3) is 0.875. The molecule has 0 fully saturated rings. The molecular formula is C16H34OSi2. The van der Waals surface area contributed by atoms with Gasteiger partial charge in [-0.1, -0.05) is 45.3 Å². The highest BCUT2D eigenvalue weighted by Gasteiger charge is 2.40. The maximum atomic E-state index is 6.85. The van der Waals surface area contributed by atoms with Crippen LogP contribution in [-0.2, 0) is 4.12 Å². The van der Waals surface area contributed by atoms with E-state index in [2.05, 4.69) is 52.2 Å². The van der Waals surface area contributed by atoms with Crippen LogP contribution in [0.5, 0.6) is 0 Å². The van der Waals surface area contributed by atoms with Crippen LogP contribution in [0.1, 0.15) is 52.4 Å². The van der Waals surface area contributed by atoms with Gasteiger partial charge in [0.1, 0.15) is 0 Å². The molecule has 0 aliphatic heterocycles. The molecule has 1 nitrogen and oxygen atoms in total. The molecule has 1 aliphatic carbocycles. The smallest absolute Gasteiger partial charge is 0.180 e. The molecule has 3 heteroatoms. The first-order chi connectivity index (χ1) is 8.79. The van der Waals surface area contributed by atoms with E-state index >= 15 is 0 Å². The maximum Gasteiger partial charge on any atom is 0.180 e. The molecule has 0 bridgehead atoms. The minimum Gasteiger partial charge on any atom is -0.455 e. The average Bonchev–Trinajstić information content (AvgIpc) is 2.35. The van der Waals surface area contributed by atoms with Crippen molar-refractivity contribution < 1.29 is 4.12 Å². The summed E-state index contributed by atoms with van der Waals surface area (Å²) in [5, 5.41) is 0. The molecule has 0 saturated heterocycles. The van der Waals surface area contributed by atoms with Gasteiger partial charge in [0, 0.05) is 0 Å². The minimum atomic E-state index is -1.56.